The Labute approximate surface area is 206 Å². The summed E-state index contributed by atoms with van der Waals surface area (Å²) in [6.07, 6.45) is 7.55. The highest BCUT2D eigenvalue weighted by Gasteiger charge is 2.29. The number of amides is 1. The topological polar surface area (TPSA) is 79.2 Å². The van der Waals surface area contributed by atoms with Crippen molar-refractivity contribution >= 4 is 24.1 Å². The van der Waals surface area contributed by atoms with Crippen molar-refractivity contribution in [3.63, 3.8) is 0 Å². The molecule has 0 spiro atoms. The molecule has 3 heterocycles. The lowest BCUT2D eigenvalue weighted by molar-refractivity contribution is -0.122. The molecule has 1 aliphatic carbocycles. The van der Waals surface area contributed by atoms with E-state index in [2.05, 4.69) is 61.4 Å². The molecule has 0 unspecified atom stereocenters. The van der Waals surface area contributed by atoms with Gasteiger partial charge in [-0.25, -0.2) is 4.98 Å². The molecule has 0 bridgehead atoms. The van der Waals surface area contributed by atoms with Crippen LogP contribution in [0.1, 0.15) is 29.7 Å². The molecule has 2 aromatic heterocycles. The van der Waals surface area contributed by atoms with Crippen molar-refractivity contribution in [3.05, 3.63) is 59.7 Å². The third-order valence-corrected chi connectivity index (χ3v) is 6.72. The molecule has 3 aromatic rings. The molecule has 8 nitrogen and oxygen atoms in total. The van der Waals surface area contributed by atoms with Gasteiger partial charge < -0.3 is 10.2 Å². The van der Waals surface area contributed by atoms with E-state index in [9.17, 15) is 4.79 Å². The lowest BCUT2D eigenvalue weighted by atomic mass is 10.1. The van der Waals surface area contributed by atoms with Gasteiger partial charge in [-0.3, -0.25) is 19.4 Å². The fourth-order valence-electron chi connectivity index (χ4n) is 4.28. The summed E-state index contributed by atoms with van der Waals surface area (Å²) in [5.41, 5.74) is 5.56. The molecule has 0 atom stereocenters. The fraction of sp³-hybridized carbons (Fsp3) is 0.440. The minimum atomic E-state index is 0. The van der Waals surface area contributed by atoms with Crippen LogP contribution >= 0.6 is 12.4 Å². The zero-order valence-electron chi connectivity index (χ0n) is 19.8. The van der Waals surface area contributed by atoms with Gasteiger partial charge in [-0.1, -0.05) is 24.3 Å². The van der Waals surface area contributed by atoms with Gasteiger partial charge >= 0.3 is 0 Å². The Kier molecular flexibility index (Phi) is 7.48. The number of carbonyl (C=O) groups excluding carboxylic acids is 1. The van der Waals surface area contributed by atoms with Gasteiger partial charge in [0.15, 0.2) is 5.82 Å². The molecule has 1 amide bonds. The molecule has 34 heavy (non-hydrogen) atoms. The number of benzene rings is 1. The average Bonchev–Trinajstić information content (AvgIpc) is 3.66. The maximum Gasteiger partial charge on any atom is 0.223 e. The number of halogens is 1. The number of aromatic nitrogens is 4. The quantitative estimate of drug-likeness (QED) is 0.559. The summed E-state index contributed by atoms with van der Waals surface area (Å²) in [5, 5.41) is 7.39. The molecule has 1 aliphatic heterocycles. The highest BCUT2D eigenvalue weighted by molar-refractivity contribution is 5.85. The van der Waals surface area contributed by atoms with Gasteiger partial charge in [-0.15, -0.1) is 12.4 Å². The Morgan fingerprint density at radius 1 is 1.06 bits per heavy atom. The van der Waals surface area contributed by atoms with Crippen molar-refractivity contribution in [3.8, 4) is 11.3 Å². The van der Waals surface area contributed by atoms with Crippen LogP contribution in [0.3, 0.4) is 0 Å². The largest absolute Gasteiger partial charge is 0.352 e. The van der Waals surface area contributed by atoms with E-state index in [0.29, 0.717) is 6.54 Å². The Hall–Kier alpha value is -2.97. The van der Waals surface area contributed by atoms with Crippen LogP contribution in [0.15, 0.2) is 42.9 Å². The summed E-state index contributed by atoms with van der Waals surface area (Å²) in [5.74, 6) is 1.35. The van der Waals surface area contributed by atoms with E-state index in [1.165, 1.54) is 11.3 Å². The van der Waals surface area contributed by atoms with Gasteiger partial charge in [0.1, 0.15) is 5.69 Å². The molecule has 180 valence electrons. The molecule has 0 radical (unpaired) electrons. The van der Waals surface area contributed by atoms with Gasteiger partial charge in [-0.05, 0) is 25.3 Å². The summed E-state index contributed by atoms with van der Waals surface area (Å²) in [6, 6.07) is 8.28. The van der Waals surface area contributed by atoms with E-state index in [1.807, 2.05) is 17.9 Å². The van der Waals surface area contributed by atoms with Gasteiger partial charge in [0, 0.05) is 81.4 Å². The molecule has 2 fully saturated rings. The second-order valence-electron chi connectivity index (χ2n) is 9.06. The number of hydrogen-bond donors (Lipinski definition) is 1. The van der Waals surface area contributed by atoms with Gasteiger partial charge in [-0.2, -0.15) is 5.10 Å². The van der Waals surface area contributed by atoms with Crippen molar-refractivity contribution in [2.45, 2.75) is 32.9 Å². The van der Waals surface area contributed by atoms with Crippen molar-refractivity contribution in [2.24, 2.45) is 13.0 Å². The number of anilines is 1. The molecule has 2 aliphatic rings. The van der Waals surface area contributed by atoms with E-state index in [0.717, 1.165) is 68.2 Å². The lowest BCUT2D eigenvalue weighted by Crippen LogP contribution is -2.46. The number of carbonyl (C=O) groups is 1. The SMILES string of the molecule is Cc1c(CN2CCN(c3nccnc3-c3ccc(CNC(=O)C4CC4)cc3)CC2)cnn1C.Cl. The zero-order valence-corrected chi connectivity index (χ0v) is 20.6. The second-order valence-corrected chi connectivity index (χ2v) is 9.06. The highest BCUT2D eigenvalue weighted by atomic mass is 35.5. The molecule has 9 heteroatoms. The smallest absolute Gasteiger partial charge is 0.223 e. The van der Waals surface area contributed by atoms with Crippen molar-refractivity contribution in [1.82, 2.24) is 30.0 Å². The van der Waals surface area contributed by atoms with Crippen LogP contribution in [-0.4, -0.2) is 56.7 Å². The Bertz CT molecular complexity index is 1120. The fourth-order valence-corrected chi connectivity index (χ4v) is 4.28. The third kappa shape index (κ3) is 5.39. The van der Waals surface area contributed by atoms with Crippen LogP contribution < -0.4 is 10.2 Å². The summed E-state index contributed by atoms with van der Waals surface area (Å²) >= 11 is 0. The number of nitrogens with zero attached hydrogens (tertiary/aromatic N) is 6. The number of piperazine rings is 1. The van der Waals surface area contributed by atoms with Gasteiger partial charge in [0.25, 0.3) is 0 Å². The molecule has 5 rings (SSSR count). The minimum Gasteiger partial charge on any atom is -0.352 e. The molecule has 1 saturated heterocycles. The summed E-state index contributed by atoms with van der Waals surface area (Å²) in [6.45, 7) is 7.40. The van der Waals surface area contributed by atoms with E-state index in [1.54, 1.807) is 12.4 Å². The van der Waals surface area contributed by atoms with Crippen LogP contribution in [0.5, 0.6) is 0 Å². The number of rotatable bonds is 7. The molecule has 1 saturated carbocycles. The molecule has 1 N–H and O–H groups in total. The first-order valence-corrected chi connectivity index (χ1v) is 11.7. The standard InChI is InChI=1S/C25H31N7O.ClH/c1-18-22(16-29-30(18)2)17-31-11-13-32(14-12-31)24-23(26-9-10-27-24)20-5-3-19(4-6-20)15-28-25(33)21-7-8-21;/h3-6,9-10,16,21H,7-8,11-15,17H2,1-2H3,(H,28,33);1H. The van der Waals surface area contributed by atoms with Gasteiger partial charge in [0.2, 0.25) is 5.91 Å². The predicted octanol–water partition coefficient (Wildman–Crippen LogP) is 2.96. The first-order chi connectivity index (χ1) is 16.1. The lowest BCUT2D eigenvalue weighted by Gasteiger charge is -2.35. The second kappa shape index (κ2) is 10.5. The van der Waals surface area contributed by atoms with Crippen molar-refractivity contribution < 1.29 is 4.79 Å². The van der Waals surface area contributed by atoms with Crippen LogP contribution in [0, 0.1) is 12.8 Å². The van der Waals surface area contributed by atoms with Crippen molar-refractivity contribution in [2.75, 3.05) is 31.1 Å². The van der Waals surface area contributed by atoms with Crippen molar-refractivity contribution in [1.29, 1.82) is 0 Å². The van der Waals surface area contributed by atoms with Crippen LogP contribution in [0.25, 0.3) is 11.3 Å². The third-order valence-electron chi connectivity index (χ3n) is 6.72. The molecular formula is C25H32ClN7O. The first-order valence-electron chi connectivity index (χ1n) is 11.7. The maximum absolute atomic E-state index is 11.9. The van der Waals surface area contributed by atoms with E-state index in [-0.39, 0.29) is 24.2 Å². The van der Waals surface area contributed by atoms with Crippen LogP contribution in [0.4, 0.5) is 5.82 Å². The zero-order chi connectivity index (χ0) is 22.8. The maximum atomic E-state index is 11.9. The monoisotopic (exact) mass is 481 g/mol. The van der Waals surface area contributed by atoms with E-state index < -0.39 is 0 Å². The first kappa shape index (κ1) is 24.2. The normalized spacial score (nSPS) is 16.2. The predicted molar refractivity (Wildman–Crippen MR) is 135 cm³/mol. The Balaban J connectivity index is 0.00000274. The highest BCUT2D eigenvalue weighted by Crippen LogP contribution is 2.29. The Morgan fingerprint density at radius 3 is 2.41 bits per heavy atom. The summed E-state index contributed by atoms with van der Waals surface area (Å²) in [4.78, 5) is 26.0. The number of nitrogens with one attached hydrogen (secondary N) is 1. The van der Waals surface area contributed by atoms with E-state index in [4.69, 9.17) is 0 Å². The minimum absolute atomic E-state index is 0. The average molecular weight is 482 g/mol. The summed E-state index contributed by atoms with van der Waals surface area (Å²) < 4.78 is 1.93. The molecular weight excluding hydrogens is 450 g/mol. The molecule has 1 aromatic carbocycles. The number of hydrogen-bond acceptors (Lipinski definition) is 6. The van der Waals surface area contributed by atoms with Crippen LogP contribution in [0.2, 0.25) is 0 Å². The van der Waals surface area contributed by atoms with Gasteiger partial charge in [0.05, 0.1) is 6.20 Å². The van der Waals surface area contributed by atoms with E-state index >= 15 is 0 Å². The number of aryl methyl sites for hydroxylation is 1. The summed E-state index contributed by atoms with van der Waals surface area (Å²) in [7, 11) is 1.99. The van der Waals surface area contributed by atoms with Crippen LogP contribution in [-0.2, 0) is 24.9 Å². The Morgan fingerprint density at radius 2 is 1.76 bits per heavy atom.